The van der Waals surface area contributed by atoms with Crippen LogP contribution in [0.4, 0.5) is 5.69 Å². The summed E-state index contributed by atoms with van der Waals surface area (Å²) in [6, 6.07) is 3.30. The molecule has 0 bridgehead atoms. The summed E-state index contributed by atoms with van der Waals surface area (Å²) in [4.78, 5) is 22.8. The summed E-state index contributed by atoms with van der Waals surface area (Å²) in [7, 11) is 1.27. The molecule has 6 nitrogen and oxygen atoms in total. The number of thiocyanates is 1. The van der Waals surface area contributed by atoms with Gasteiger partial charge in [-0.2, -0.15) is 5.26 Å². The maximum absolute atomic E-state index is 11.2. The molecule has 1 rings (SSSR count). The first kappa shape index (κ1) is 15.9. The van der Waals surface area contributed by atoms with Crippen molar-refractivity contribution < 1.29 is 19.1 Å². The molecule has 20 heavy (non-hydrogen) atoms. The van der Waals surface area contributed by atoms with Crippen LogP contribution in [0.3, 0.4) is 0 Å². The number of anilines is 1. The highest BCUT2D eigenvalue weighted by Gasteiger charge is 2.12. The first-order chi connectivity index (χ1) is 9.47. The van der Waals surface area contributed by atoms with Gasteiger partial charge in [-0.3, -0.25) is 4.79 Å². The van der Waals surface area contributed by atoms with E-state index in [-0.39, 0.29) is 12.5 Å². The fourth-order valence-corrected chi connectivity index (χ4v) is 1.99. The van der Waals surface area contributed by atoms with Gasteiger partial charge >= 0.3 is 5.97 Å². The number of benzene rings is 1. The zero-order chi connectivity index (χ0) is 15.1. The molecule has 106 valence electrons. The number of aryl methyl sites for hydroxylation is 1. The van der Waals surface area contributed by atoms with Crippen molar-refractivity contribution in [2.45, 2.75) is 18.7 Å². The van der Waals surface area contributed by atoms with Crippen molar-refractivity contribution in [3.8, 4) is 11.2 Å². The topological polar surface area (TPSA) is 88.4 Å². The van der Waals surface area contributed by atoms with E-state index in [9.17, 15) is 9.59 Å². The zero-order valence-corrected chi connectivity index (χ0v) is 12.2. The van der Waals surface area contributed by atoms with E-state index in [0.29, 0.717) is 16.3 Å². The van der Waals surface area contributed by atoms with E-state index in [4.69, 9.17) is 10.00 Å². The maximum atomic E-state index is 11.2. The number of carbonyl (C=O) groups is 2. The van der Waals surface area contributed by atoms with Gasteiger partial charge in [0.05, 0.1) is 12.8 Å². The van der Waals surface area contributed by atoms with Gasteiger partial charge in [-0.1, -0.05) is 0 Å². The Morgan fingerprint density at radius 1 is 1.45 bits per heavy atom. The Morgan fingerprint density at radius 3 is 2.70 bits per heavy atom. The monoisotopic (exact) mass is 294 g/mol. The number of esters is 1. The Labute approximate surface area is 121 Å². The Morgan fingerprint density at radius 2 is 2.15 bits per heavy atom. The fourth-order valence-electron chi connectivity index (χ4n) is 1.43. The normalized spacial score (nSPS) is 9.50. The Bertz CT molecular complexity index is 566. The highest BCUT2D eigenvalue weighted by Crippen LogP contribution is 2.33. The molecular formula is C13H14N2O4S. The molecule has 0 aliphatic heterocycles. The number of nitriles is 1. The summed E-state index contributed by atoms with van der Waals surface area (Å²) in [6.07, 6.45) is 0. The average Bonchev–Trinajstić information content (AvgIpc) is 2.39. The SMILES string of the molecule is COC(=O)COc1cc(NC(C)=O)c(SC#N)cc1C. The lowest BCUT2D eigenvalue weighted by Crippen LogP contribution is -2.13. The highest BCUT2D eigenvalue weighted by atomic mass is 32.2. The van der Waals surface area contributed by atoms with Crippen LogP contribution in [0.15, 0.2) is 17.0 Å². The highest BCUT2D eigenvalue weighted by molar-refractivity contribution is 8.03. The van der Waals surface area contributed by atoms with E-state index in [1.165, 1.54) is 14.0 Å². The minimum Gasteiger partial charge on any atom is -0.482 e. The summed E-state index contributed by atoms with van der Waals surface area (Å²) in [5.74, 6) is -0.310. The van der Waals surface area contributed by atoms with Crippen LogP contribution in [0.2, 0.25) is 0 Å². The second-order valence-corrected chi connectivity index (χ2v) is 4.68. The molecule has 0 aliphatic carbocycles. The fraction of sp³-hybridized carbons (Fsp3) is 0.308. The van der Waals surface area contributed by atoms with E-state index in [0.717, 1.165) is 17.3 Å². The van der Waals surface area contributed by atoms with Gasteiger partial charge in [-0.15, -0.1) is 0 Å². The van der Waals surface area contributed by atoms with E-state index in [1.54, 1.807) is 19.1 Å². The molecule has 0 saturated carbocycles. The molecule has 1 N–H and O–H groups in total. The van der Waals surface area contributed by atoms with Crippen LogP contribution in [0.25, 0.3) is 0 Å². The molecule has 0 unspecified atom stereocenters. The number of nitrogens with one attached hydrogen (secondary N) is 1. The molecule has 0 heterocycles. The number of hydrogen-bond donors (Lipinski definition) is 1. The van der Waals surface area contributed by atoms with Gasteiger partial charge in [0.2, 0.25) is 5.91 Å². The quantitative estimate of drug-likeness (QED) is 0.508. The van der Waals surface area contributed by atoms with Crippen LogP contribution in [0.1, 0.15) is 12.5 Å². The Balaban J connectivity index is 3.04. The van der Waals surface area contributed by atoms with Gasteiger partial charge in [0.25, 0.3) is 0 Å². The lowest BCUT2D eigenvalue weighted by Gasteiger charge is -2.13. The number of methoxy groups -OCH3 is 1. The van der Waals surface area contributed by atoms with Crippen molar-refractivity contribution in [3.05, 3.63) is 17.7 Å². The van der Waals surface area contributed by atoms with E-state index in [1.807, 2.05) is 5.40 Å². The molecule has 0 aliphatic rings. The summed E-state index contributed by atoms with van der Waals surface area (Å²) < 4.78 is 9.81. The largest absolute Gasteiger partial charge is 0.482 e. The standard InChI is InChI=1S/C13H14N2O4S/c1-8-4-12(20-7-14)10(15-9(2)16)5-11(8)19-6-13(17)18-3/h4-5H,6H2,1-3H3,(H,15,16). The molecule has 7 heteroatoms. The number of ether oxygens (including phenoxy) is 2. The molecule has 0 atom stereocenters. The molecular weight excluding hydrogens is 280 g/mol. The number of thioether (sulfide) groups is 1. The van der Waals surface area contributed by atoms with Gasteiger partial charge in [0.1, 0.15) is 11.2 Å². The van der Waals surface area contributed by atoms with E-state index < -0.39 is 5.97 Å². The maximum Gasteiger partial charge on any atom is 0.343 e. The van der Waals surface area contributed by atoms with E-state index >= 15 is 0 Å². The average molecular weight is 294 g/mol. The predicted octanol–water partition coefficient (Wildman–Crippen LogP) is 2.08. The van der Waals surface area contributed by atoms with Crippen LogP contribution >= 0.6 is 11.8 Å². The molecule has 0 radical (unpaired) electrons. The smallest absolute Gasteiger partial charge is 0.343 e. The summed E-state index contributed by atoms with van der Waals surface area (Å²) in [5, 5.41) is 13.3. The van der Waals surface area contributed by atoms with Crippen LogP contribution in [-0.2, 0) is 14.3 Å². The molecule has 0 aromatic heterocycles. The van der Waals surface area contributed by atoms with Crippen molar-refractivity contribution in [1.82, 2.24) is 0 Å². The number of hydrogen-bond acceptors (Lipinski definition) is 6. The van der Waals surface area contributed by atoms with E-state index in [2.05, 4.69) is 10.1 Å². The first-order valence-electron chi connectivity index (χ1n) is 5.65. The minimum atomic E-state index is -0.499. The van der Waals surface area contributed by atoms with Gasteiger partial charge < -0.3 is 14.8 Å². The van der Waals surface area contributed by atoms with Gasteiger partial charge in [-0.25, -0.2) is 4.79 Å². The third-order valence-electron chi connectivity index (χ3n) is 2.32. The molecule has 1 aromatic carbocycles. The molecule has 0 saturated heterocycles. The van der Waals surface area contributed by atoms with Gasteiger partial charge in [0, 0.05) is 17.9 Å². The van der Waals surface area contributed by atoms with Crippen molar-refractivity contribution in [2.75, 3.05) is 19.0 Å². The number of amides is 1. The first-order valence-corrected chi connectivity index (χ1v) is 6.47. The van der Waals surface area contributed by atoms with Crippen molar-refractivity contribution in [3.63, 3.8) is 0 Å². The molecule has 1 aromatic rings. The van der Waals surface area contributed by atoms with Crippen molar-refractivity contribution >= 4 is 29.3 Å². The van der Waals surface area contributed by atoms with Crippen molar-refractivity contribution in [1.29, 1.82) is 5.26 Å². The van der Waals surface area contributed by atoms with Gasteiger partial charge in [-0.05, 0) is 30.3 Å². The Hall–Kier alpha value is -2.20. The third kappa shape index (κ3) is 4.48. The predicted molar refractivity (Wildman–Crippen MR) is 74.5 cm³/mol. The molecule has 0 spiro atoms. The molecule has 1 amide bonds. The third-order valence-corrected chi connectivity index (χ3v) is 2.97. The number of nitrogens with zero attached hydrogens (tertiary/aromatic N) is 1. The summed E-state index contributed by atoms with van der Waals surface area (Å²) in [5.41, 5.74) is 1.22. The Kier molecular flexibility index (Phi) is 5.87. The van der Waals surface area contributed by atoms with Crippen LogP contribution in [-0.4, -0.2) is 25.6 Å². The number of rotatable bonds is 5. The molecule has 0 fully saturated rings. The number of carbonyl (C=O) groups excluding carboxylic acids is 2. The lowest BCUT2D eigenvalue weighted by molar-refractivity contribution is -0.142. The van der Waals surface area contributed by atoms with Crippen molar-refractivity contribution in [2.24, 2.45) is 0 Å². The summed E-state index contributed by atoms with van der Waals surface area (Å²) >= 11 is 0.939. The second kappa shape index (κ2) is 7.40. The minimum absolute atomic E-state index is 0.221. The second-order valence-electron chi connectivity index (χ2n) is 3.85. The van der Waals surface area contributed by atoms with Gasteiger partial charge in [0.15, 0.2) is 6.61 Å². The van der Waals surface area contributed by atoms with Crippen LogP contribution in [0.5, 0.6) is 5.75 Å². The zero-order valence-electron chi connectivity index (χ0n) is 11.4. The van der Waals surface area contributed by atoms with Crippen LogP contribution in [0, 0.1) is 17.6 Å². The van der Waals surface area contributed by atoms with Crippen LogP contribution < -0.4 is 10.1 Å². The lowest BCUT2D eigenvalue weighted by atomic mass is 10.2. The summed E-state index contributed by atoms with van der Waals surface area (Å²) in [6.45, 7) is 2.93.